The minimum atomic E-state index is -1.25. The summed E-state index contributed by atoms with van der Waals surface area (Å²) >= 11 is 0. The molecule has 6 heteroatoms. The van der Waals surface area contributed by atoms with Crippen LogP contribution < -0.4 is 5.32 Å². The third-order valence-electron chi connectivity index (χ3n) is 4.33. The van der Waals surface area contributed by atoms with Gasteiger partial charge in [-0.15, -0.1) is 0 Å². The van der Waals surface area contributed by atoms with E-state index in [2.05, 4.69) is 5.32 Å². The van der Waals surface area contributed by atoms with E-state index >= 15 is 0 Å². The van der Waals surface area contributed by atoms with Crippen molar-refractivity contribution < 1.29 is 14.5 Å². The lowest BCUT2D eigenvalue weighted by Gasteiger charge is -2.31. The van der Waals surface area contributed by atoms with E-state index in [1.807, 2.05) is 42.5 Å². The van der Waals surface area contributed by atoms with E-state index in [0.717, 1.165) is 5.56 Å². The molecular formula is C20H14N2O4. The molecule has 3 aromatic carbocycles. The molecule has 1 atom stereocenters. The molecule has 128 valence electrons. The maximum atomic E-state index is 12.4. The summed E-state index contributed by atoms with van der Waals surface area (Å²) in [4.78, 5) is 23.1. The second-order valence-corrected chi connectivity index (χ2v) is 5.91. The van der Waals surface area contributed by atoms with E-state index in [0.29, 0.717) is 16.8 Å². The molecule has 1 aliphatic rings. The predicted octanol–water partition coefficient (Wildman–Crippen LogP) is 4.08. The van der Waals surface area contributed by atoms with E-state index in [4.69, 9.17) is 4.74 Å². The zero-order valence-electron chi connectivity index (χ0n) is 13.6. The van der Waals surface area contributed by atoms with Crippen molar-refractivity contribution >= 4 is 17.3 Å². The Bertz CT molecular complexity index is 1000. The summed E-state index contributed by atoms with van der Waals surface area (Å²) in [7, 11) is 0. The third kappa shape index (κ3) is 2.48. The molecule has 1 unspecified atom stereocenters. The van der Waals surface area contributed by atoms with Crippen LogP contribution in [-0.2, 0) is 10.5 Å². The zero-order valence-corrected chi connectivity index (χ0v) is 13.6. The molecule has 0 bridgehead atoms. The van der Waals surface area contributed by atoms with Gasteiger partial charge in [0.05, 0.1) is 10.5 Å². The first-order valence-electron chi connectivity index (χ1n) is 8.01. The molecule has 26 heavy (non-hydrogen) atoms. The number of ether oxygens (including phenoxy) is 1. The van der Waals surface area contributed by atoms with E-state index < -0.39 is 16.6 Å². The highest BCUT2D eigenvalue weighted by Crippen LogP contribution is 2.42. The normalized spacial score (nSPS) is 18.1. The number of hydrogen-bond acceptors (Lipinski definition) is 5. The molecule has 1 N–H and O–H groups in total. The summed E-state index contributed by atoms with van der Waals surface area (Å²) in [6, 6.07) is 22.5. The van der Waals surface area contributed by atoms with Gasteiger partial charge in [-0.05, 0) is 12.1 Å². The standard InChI is InChI=1S/C20H14N2O4/c23-19-17-11-4-5-12-18(17)20(26-19,14-7-2-1-3-8-14)21-15-9-6-10-16(13-15)22(24)25/h1-13,21H. The number of carbonyl (C=O) groups excluding carboxylic acids is 1. The van der Waals surface area contributed by atoms with Gasteiger partial charge in [-0.1, -0.05) is 54.6 Å². The Kier molecular flexibility index (Phi) is 3.65. The number of carbonyl (C=O) groups is 1. The van der Waals surface area contributed by atoms with Crippen LogP contribution in [0.2, 0.25) is 0 Å². The van der Waals surface area contributed by atoms with Crippen LogP contribution in [0.5, 0.6) is 0 Å². The van der Waals surface area contributed by atoms with Crippen LogP contribution in [0.3, 0.4) is 0 Å². The average molecular weight is 346 g/mol. The molecule has 0 spiro atoms. The van der Waals surface area contributed by atoms with Gasteiger partial charge in [0.1, 0.15) is 0 Å². The van der Waals surface area contributed by atoms with Gasteiger partial charge in [-0.3, -0.25) is 10.1 Å². The van der Waals surface area contributed by atoms with Gasteiger partial charge in [0.15, 0.2) is 0 Å². The molecule has 1 aliphatic heterocycles. The molecule has 0 radical (unpaired) electrons. The fraction of sp³-hybridized carbons (Fsp3) is 0.0500. The predicted molar refractivity (Wildman–Crippen MR) is 95.8 cm³/mol. The van der Waals surface area contributed by atoms with E-state index in [-0.39, 0.29) is 5.69 Å². The number of nitrogens with one attached hydrogen (secondary N) is 1. The van der Waals surface area contributed by atoms with Crippen LogP contribution in [-0.4, -0.2) is 10.9 Å². The molecule has 0 aliphatic carbocycles. The highest BCUT2D eigenvalue weighted by Gasteiger charge is 2.47. The van der Waals surface area contributed by atoms with E-state index in [1.54, 1.807) is 24.3 Å². The van der Waals surface area contributed by atoms with Crippen LogP contribution in [0.4, 0.5) is 11.4 Å². The number of esters is 1. The van der Waals surface area contributed by atoms with Gasteiger partial charge in [-0.25, -0.2) is 4.79 Å². The second-order valence-electron chi connectivity index (χ2n) is 5.91. The monoisotopic (exact) mass is 346 g/mol. The SMILES string of the molecule is O=C1OC(Nc2cccc([N+](=O)[O-])c2)(c2ccccc2)c2ccccc21. The number of nitro benzene ring substituents is 1. The quantitative estimate of drug-likeness (QED) is 0.437. The van der Waals surface area contributed by atoms with Crippen LogP contribution in [0, 0.1) is 10.1 Å². The smallest absolute Gasteiger partial charge is 0.341 e. The number of cyclic esters (lactones) is 1. The van der Waals surface area contributed by atoms with Crippen molar-refractivity contribution in [2.75, 3.05) is 5.32 Å². The summed E-state index contributed by atoms with van der Waals surface area (Å²) in [6.45, 7) is 0. The largest absolute Gasteiger partial charge is 0.427 e. The third-order valence-corrected chi connectivity index (χ3v) is 4.33. The molecule has 6 nitrogen and oxygen atoms in total. The molecule has 1 heterocycles. The topological polar surface area (TPSA) is 81.5 Å². The van der Waals surface area contributed by atoms with Gasteiger partial charge in [-0.2, -0.15) is 0 Å². The van der Waals surface area contributed by atoms with Crippen molar-refractivity contribution in [1.82, 2.24) is 0 Å². The lowest BCUT2D eigenvalue weighted by atomic mass is 9.92. The first-order valence-corrected chi connectivity index (χ1v) is 8.01. The molecule has 0 amide bonds. The molecule has 0 saturated heterocycles. The number of nitro groups is 1. The highest BCUT2D eigenvalue weighted by molar-refractivity contribution is 5.96. The van der Waals surface area contributed by atoms with Crippen molar-refractivity contribution in [3.63, 3.8) is 0 Å². The van der Waals surface area contributed by atoms with Crippen molar-refractivity contribution in [3.05, 3.63) is 106 Å². The molecule has 4 rings (SSSR count). The summed E-state index contributed by atoms with van der Waals surface area (Å²) in [5.74, 6) is -0.442. The van der Waals surface area contributed by atoms with Crippen LogP contribution in [0.1, 0.15) is 21.5 Å². The average Bonchev–Trinajstić information content (AvgIpc) is 2.96. The van der Waals surface area contributed by atoms with E-state index in [1.165, 1.54) is 12.1 Å². The zero-order chi connectivity index (χ0) is 18.1. The number of non-ortho nitro benzene ring substituents is 1. The summed E-state index contributed by atoms with van der Waals surface area (Å²) < 4.78 is 5.79. The number of nitrogens with zero attached hydrogens (tertiary/aromatic N) is 1. The van der Waals surface area contributed by atoms with Crippen molar-refractivity contribution in [1.29, 1.82) is 0 Å². The second kappa shape index (κ2) is 6.00. The lowest BCUT2D eigenvalue weighted by molar-refractivity contribution is -0.384. The summed E-state index contributed by atoms with van der Waals surface area (Å²) in [5, 5.41) is 14.3. The number of rotatable bonds is 4. The Balaban J connectivity index is 1.88. The Labute approximate surface area is 149 Å². The minimum Gasteiger partial charge on any atom is -0.427 e. The van der Waals surface area contributed by atoms with Gasteiger partial charge in [0.25, 0.3) is 5.69 Å². The Morgan fingerprint density at radius 3 is 2.42 bits per heavy atom. The number of hydrogen-bond donors (Lipinski definition) is 1. The van der Waals surface area contributed by atoms with Crippen molar-refractivity contribution in [2.24, 2.45) is 0 Å². The molecule has 3 aromatic rings. The van der Waals surface area contributed by atoms with Gasteiger partial charge >= 0.3 is 5.97 Å². The molecule has 0 aromatic heterocycles. The van der Waals surface area contributed by atoms with E-state index in [9.17, 15) is 14.9 Å². The van der Waals surface area contributed by atoms with Crippen LogP contribution in [0.15, 0.2) is 78.9 Å². The fourth-order valence-corrected chi connectivity index (χ4v) is 3.17. The molecule has 0 fully saturated rings. The lowest BCUT2D eigenvalue weighted by Crippen LogP contribution is -2.36. The van der Waals surface area contributed by atoms with Crippen LogP contribution >= 0.6 is 0 Å². The van der Waals surface area contributed by atoms with Gasteiger partial charge < -0.3 is 10.1 Å². The number of anilines is 1. The first-order chi connectivity index (χ1) is 12.6. The maximum Gasteiger partial charge on any atom is 0.341 e. The van der Waals surface area contributed by atoms with Crippen LogP contribution in [0.25, 0.3) is 0 Å². The fourth-order valence-electron chi connectivity index (χ4n) is 3.17. The first kappa shape index (κ1) is 15.8. The van der Waals surface area contributed by atoms with Crippen molar-refractivity contribution in [2.45, 2.75) is 5.72 Å². The van der Waals surface area contributed by atoms with Crippen molar-refractivity contribution in [3.8, 4) is 0 Å². The summed E-state index contributed by atoms with van der Waals surface area (Å²) in [6.07, 6.45) is 0. The Hall–Kier alpha value is -3.67. The number of fused-ring (bicyclic) bond motifs is 1. The minimum absolute atomic E-state index is 0.0455. The maximum absolute atomic E-state index is 12.4. The Morgan fingerprint density at radius 2 is 1.65 bits per heavy atom. The summed E-state index contributed by atoms with van der Waals surface area (Å²) in [5.41, 5.74) is 1.05. The molecule has 0 saturated carbocycles. The molecular weight excluding hydrogens is 332 g/mol. The Morgan fingerprint density at radius 1 is 0.923 bits per heavy atom. The van der Waals surface area contributed by atoms with Gasteiger partial charge in [0.2, 0.25) is 5.72 Å². The highest BCUT2D eigenvalue weighted by atomic mass is 16.6. The van der Waals surface area contributed by atoms with Gasteiger partial charge in [0, 0.05) is 28.9 Å². The number of benzene rings is 3.